The molecule has 0 bridgehead atoms. The molecule has 0 aliphatic heterocycles. The zero-order valence-corrected chi connectivity index (χ0v) is 14.0. The quantitative estimate of drug-likeness (QED) is 0.804. The lowest BCUT2D eigenvalue weighted by Crippen LogP contribution is -2.31. The van der Waals surface area contributed by atoms with Crippen molar-refractivity contribution in [2.45, 2.75) is 6.54 Å². The number of hydrogen-bond donors (Lipinski definition) is 2. The molecule has 0 unspecified atom stereocenters. The third kappa shape index (κ3) is 5.48. The Morgan fingerprint density at radius 3 is 2.25 bits per heavy atom. The second-order valence-corrected chi connectivity index (χ2v) is 5.69. The molecule has 1 heterocycles. The van der Waals surface area contributed by atoms with Gasteiger partial charge in [-0.25, -0.2) is 0 Å². The van der Waals surface area contributed by atoms with Crippen LogP contribution in [0.3, 0.4) is 0 Å². The number of carbonyl (C=O) groups is 2. The van der Waals surface area contributed by atoms with Crippen LogP contribution in [0.25, 0.3) is 0 Å². The van der Waals surface area contributed by atoms with Gasteiger partial charge in [0, 0.05) is 32.0 Å². The maximum Gasteiger partial charge on any atom is 0.253 e. The Morgan fingerprint density at radius 1 is 1.00 bits per heavy atom. The van der Waals surface area contributed by atoms with Crippen molar-refractivity contribution in [3.8, 4) is 0 Å². The van der Waals surface area contributed by atoms with Gasteiger partial charge in [0.15, 0.2) is 0 Å². The molecule has 0 atom stereocenters. The third-order valence-corrected chi connectivity index (χ3v) is 3.40. The Labute approximate surface area is 141 Å². The second-order valence-electron chi connectivity index (χ2n) is 5.69. The topological polar surface area (TPSA) is 74.3 Å². The average molecular weight is 326 g/mol. The van der Waals surface area contributed by atoms with Gasteiger partial charge in [0.2, 0.25) is 0 Å². The molecule has 2 N–H and O–H groups in total. The monoisotopic (exact) mass is 326 g/mol. The molecule has 0 fully saturated rings. The number of amides is 2. The van der Waals surface area contributed by atoms with Crippen molar-refractivity contribution in [1.82, 2.24) is 20.5 Å². The summed E-state index contributed by atoms with van der Waals surface area (Å²) in [5.41, 5.74) is 1.75. The molecule has 126 valence electrons. The number of hydrogen-bond acceptors (Lipinski definition) is 4. The lowest BCUT2D eigenvalue weighted by Gasteiger charge is -2.11. The minimum absolute atomic E-state index is 0.234. The Balaban J connectivity index is 1.93. The maximum absolute atomic E-state index is 12.2. The molecular weight excluding hydrogens is 304 g/mol. The highest BCUT2D eigenvalue weighted by Crippen LogP contribution is 2.04. The minimum Gasteiger partial charge on any atom is -0.351 e. The SMILES string of the molecule is CN(C)CCNC(=O)c1cncc(C(=O)NCc2ccccc2)c1. The van der Waals surface area contributed by atoms with Gasteiger partial charge in [-0.15, -0.1) is 0 Å². The van der Waals surface area contributed by atoms with Crippen LogP contribution >= 0.6 is 0 Å². The largest absolute Gasteiger partial charge is 0.351 e. The predicted molar refractivity (Wildman–Crippen MR) is 92.7 cm³/mol. The van der Waals surface area contributed by atoms with Crippen molar-refractivity contribution in [1.29, 1.82) is 0 Å². The summed E-state index contributed by atoms with van der Waals surface area (Å²) in [5, 5.41) is 5.62. The predicted octanol–water partition coefficient (Wildman–Crippen LogP) is 1.30. The van der Waals surface area contributed by atoms with Crippen LogP contribution in [-0.4, -0.2) is 48.9 Å². The molecule has 0 aliphatic carbocycles. The maximum atomic E-state index is 12.2. The van der Waals surface area contributed by atoms with Crippen LogP contribution in [0.4, 0.5) is 0 Å². The zero-order chi connectivity index (χ0) is 17.4. The van der Waals surface area contributed by atoms with Crippen LogP contribution in [0.15, 0.2) is 48.8 Å². The highest BCUT2D eigenvalue weighted by Gasteiger charge is 2.11. The number of carbonyl (C=O) groups excluding carboxylic acids is 2. The van der Waals surface area contributed by atoms with Crippen molar-refractivity contribution in [2.24, 2.45) is 0 Å². The van der Waals surface area contributed by atoms with E-state index in [2.05, 4.69) is 15.6 Å². The van der Waals surface area contributed by atoms with E-state index in [1.807, 2.05) is 49.3 Å². The van der Waals surface area contributed by atoms with Gasteiger partial charge in [-0.05, 0) is 25.7 Å². The molecule has 0 aliphatic rings. The number of aromatic nitrogens is 1. The summed E-state index contributed by atoms with van der Waals surface area (Å²) < 4.78 is 0. The van der Waals surface area contributed by atoms with Gasteiger partial charge in [0.05, 0.1) is 11.1 Å². The fraction of sp³-hybridized carbons (Fsp3) is 0.278. The van der Waals surface area contributed by atoms with Crippen LogP contribution in [0.2, 0.25) is 0 Å². The van der Waals surface area contributed by atoms with Gasteiger partial charge < -0.3 is 15.5 Å². The summed E-state index contributed by atoms with van der Waals surface area (Å²) in [6, 6.07) is 11.2. The molecular formula is C18H22N4O2. The van der Waals surface area contributed by atoms with E-state index in [0.717, 1.165) is 12.1 Å². The van der Waals surface area contributed by atoms with E-state index in [9.17, 15) is 9.59 Å². The summed E-state index contributed by atoms with van der Waals surface area (Å²) in [6.07, 6.45) is 2.91. The normalized spacial score (nSPS) is 10.5. The first kappa shape index (κ1) is 17.6. The molecule has 1 aromatic heterocycles. The van der Waals surface area contributed by atoms with E-state index in [4.69, 9.17) is 0 Å². The molecule has 0 spiro atoms. The first-order chi connectivity index (χ1) is 11.6. The van der Waals surface area contributed by atoms with Crippen molar-refractivity contribution in [2.75, 3.05) is 27.2 Å². The van der Waals surface area contributed by atoms with Gasteiger partial charge in [0.1, 0.15) is 0 Å². The highest BCUT2D eigenvalue weighted by atomic mass is 16.2. The van der Waals surface area contributed by atoms with Crippen molar-refractivity contribution in [3.05, 3.63) is 65.5 Å². The average Bonchev–Trinajstić information content (AvgIpc) is 2.60. The van der Waals surface area contributed by atoms with Gasteiger partial charge in [-0.2, -0.15) is 0 Å². The van der Waals surface area contributed by atoms with Crippen LogP contribution in [0.5, 0.6) is 0 Å². The van der Waals surface area contributed by atoms with Gasteiger partial charge in [-0.3, -0.25) is 14.6 Å². The molecule has 0 radical (unpaired) electrons. The van der Waals surface area contributed by atoms with E-state index in [1.165, 1.54) is 12.4 Å². The zero-order valence-electron chi connectivity index (χ0n) is 14.0. The van der Waals surface area contributed by atoms with Gasteiger partial charge in [-0.1, -0.05) is 30.3 Å². The van der Waals surface area contributed by atoms with E-state index in [-0.39, 0.29) is 11.8 Å². The molecule has 0 saturated heterocycles. The number of nitrogens with one attached hydrogen (secondary N) is 2. The summed E-state index contributed by atoms with van der Waals surface area (Å²) in [5.74, 6) is -0.489. The fourth-order valence-electron chi connectivity index (χ4n) is 2.06. The summed E-state index contributed by atoms with van der Waals surface area (Å²) >= 11 is 0. The van der Waals surface area contributed by atoms with E-state index in [0.29, 0.717) is 24.2 Å². The van der Waals surface area contributed by atoms with E-state index < -0.39 is 0 Å². The minimum atomic E-state index is -0.255. The van der Waals surface area contributed by atoms with Crippen molar-refractivity contribution < 1.29 is 9.59 Å². The Morgan fingerprint density at radius 2 is 1.62 bits per heavy atom. The number of pyridine rings is 1. The summed E-state index contributed by atoms with van der Waals surface area (Å²) in [4.78, 5) is 30.3. The fourth-order valence-corrected chi connectivity index (χ4v) is 2.06. The standard InChI is InChI=1S/C18H22N4O2/c1-22(2)9-8-20-17(23)15-10-16(13-19-12-15)18(24)21-11-14-6-4-3-5-7-14/h3-7,10,12-13H,8-9,11H2,1-2H3,(H,20,23)(H,21,24). The lowest BCUT2D eigenvalue weighted by atomic mass is 10.1. The smallest absolute Gasteiger partial charge is 0.253 e. The number of nitrogens with zero attached hydrogens (tertiary/aromatic N) is 2. The van der Waals surface area contributed by atoms with Crippen LogP contribution < -0.4 is 10.6 Å². The molecule has 6 nitrogen and oxygen atoms in total. The number of rotatable bonds is 7. The molecule has 1 aromatic carbocycles. The Bertz CT molecular complexity index is 686. The molecule has 2 amide bonds. The number of likely N-dealkylation sites (N-methyl/N-ethyl adjacent to an activating group) is 1. The molecule has 6 heteroatoms. The van der Waals surface area contributed by atoms with Gasteiger partial charge >= 0.3 is 0 Å². The second kappa shape index (κ2) is 8.79. The third-order valence-electron chi connectivity index (χ3n) is 3.40. The van der Waals surface area contributed by atoms with Crippen molar-refractivity contribution >= 4 is 11.8 Å². The van der Waals surface area contributed by atoms with Crippen LogP contribution in [-0.2, 0) is 6.54 Å². The van der Waals surface area contributed by atoms with Crippen LogP contribution in [0, 0.1) is 0 Å². The van der Waals surface area contributed by atoms with E-state index >= 15 is 0 Å². The molecule has 2 aromatic rings. The Kier molecular flexibility index (Phi) is 6.45. The summed E-state index contributed by atoms with van der Waals surface area (Å²) in [7, 11) is 3.87. The lowest BCUT2D eigenvalue weighted by molar-refractivity contribution is 0.0950. The Hall–Kier alpha value is -2.73. The first-order valence-electron chi connectivity index (χ1n) is 7.76. The number of benzene rings is 1. The molecule has 24 heavy (non-hydrogen) atoms. The highest BCUT2D eigenvalue weighted by molar-refractivity contribution is 5.99. The first-order valence-corrected chi connectivity index (χ1v) is 7.76. The molecule has 0 saturated carbocycles. The van der Waals surface area contributed by atoms with Crippen LogP contribution in [0.1, 0.15) is 26.3 Å². The van der Waals surface area contributed by atoms with Crippen molar-refractivity contribution in [3.63, 3.8) is 0 Å². The molecule has 2 rings (SSSR count). The summed E-state index contributed by atoms with van der Waals surface area (Å²) in [6.45, 7) is 1.71. The van der Waals surface area contributed by atoms with E-state index in [1.54, 1.807) is 6.07 Å². The van der Waals surface area contributed by atoms with Gasteiger partial charge in [0.25, 0.3) is 11.8 Å².